The van der Waals surface area contributed by atoms with Crippen LogP contribution in [-0.2, 0) is 19.0 Å². The molecule has 4 nitrogen and oxygen atoms in total. The van der Waals surface area contributed by atoms with Crippen LogP contribution in [0.3, 0.4) is 0 Å². The fourth-order valence-corrected chi connectivity index (χ4v) is 1.26. The number of rotatable bonds is 4. The van der Waals surface area contributed by atoms with Crippen molar-refractivity contribution in [2.24, 2.45) is 0 Å². The molecule has 0 N–H and O–H groups in total. The van der Waals surface area contributed by atoms with Crippen molar-refractivity contribution in [2.75, 3.05) is 19.8 Å². The molecule has 1 heterocycles. The molecule has 0 bridgehead atoms. The molecule has 0 aromatic heterocycles. The van der Waals surface area contributed by atoms with Crippen molar-refractivity contribution in [3.8, 4) is 0 Å². The smallest absolute Gasteiger partial charge is 0.305 e. The average molecular weight is 204 g/mol. The molecular weight excluding hydrogens is 184 g/mol. The third kappa shape index (κ3) is 4.07. The number of esters is 1. The lowest BCUT2D eigenvalue weighted by Crippen LogP contribution is -2.26. The first-order chi connectivity index (χ1) is 6.16. The fraction of sp³-hybridized carbons (Fsp3) is 0.900. The Morgan fingerprint density at radius 3 is 2.50 bits per heavy atom. The molecule has 1 rings (SSSR count). The van der Waals surface area contributed by atoms with Crippen LogP contribution in [0.25, 0.3) is 0 Å². The van der Waals surface area contributed by atoms with Gasteiger partial charge in [-0.15, -0.1) is 0 Å². The first-order valence-corrected chi connectivity index (χ1v) is 4.60. The monoisotopic (exact) mass is 204 g/mol. The van der Waals surface area contributed by atoms with E-state index < -0.39 is 5.79 Å². The van der Waals surface area contributed by atoms with E-state index in [0.29, 0.717) is 32.7 Å². The van der Waals surface area contributed by atoms with E-state index in [0.717, 1.165) is 0 Å². The molecule has 1 fully saturated rings. The summed E-state index contributed by atoms with van der Waals surface area (Å²) in [5.41, 5.74) is 0. The van der Waals surface area contributed by atoms with Crippen LogP contribution in [0.4, 0.5) is 0 Å². The summed E-state index contributed by atoms with van der Waals surface area (Å²) in [6, 6.07) is 0. The zero-order valence-corrected chi connectivity index (χ0v) is 8.17. The average Bonchev–Trinajstić information content (AvgIpc) is 2.51. The molecule has 84 valence electrons. The van der Waals surface area contributed by atoms with Gasteiger partial charge in [0.05, 0.1) is 26.2 Å². The summed E-state index contributed by atoms with van der Waals surface area (Å²) in [6.45, 7) is 5.29. The predicted molar refractivity (Wildman–Crippen MR) is 52.9 cm³/mol. The lowest BCUT2D eigenvalue weighted by Gasteiger charge is -2.21. The van der Waals surface area contributed by atoms with Crippen molar-refractivity contribution >= 4 is 5.97 Å². The van der Waals surface area contributed by atoms with E-state index in [1.807, 2.05) is 6.92 Å². The van der Waals surface area contributed by atoms with Crippen LogP contribution in [0.2, 0.25) is 0 Å². The Kier molecular flexibility index (Phi) is 5.72. The van der Waals surface area contributed by atoms with Gasteiger partial charge in [0.1, 0.15) is 0 Å². The summed E-state index contributed by atoms with van der Waals surface area (Å²) in [5, 5.41) is 0. The fourth-order valence-electron chi connectivity index (χ4n) is 1.26. The maximum Gasteiger partial charge on any atom is 0.305 e. The summed E-state index contributed by atoms with van der Waals surface area (Å²) in [5.74, 6) is -0.768. The maximum absolute atomic E-state index is 11.0. The standard InChI is InChI=1S/C9H16O4.CH4/c1-3-11-8(10)4-5-9(2)12-6-7-13-9;/h3-7H2,1-2H3;1H4. The van der Waals surface area contributed by atoms with E-state index in [1.165, 1.54) is 0 Å². The molecule has 1 aliphatic heterocycles. The highest BCUT2D eigenvalue weighted by Crippen LogP contribution is 2.23. The first kappa shape index (κ1) is 13.4. The highest BCUT2D eigenvalue weighted by atomic mass is 16.7. The number of carbonyl (C=O) groups excluding carboxylic acids is 1. The summed E-state index contributed by atoms with van der Waals surface area (Å²) < 4.78 is 15.5. The molecule has 0 aromatic carbocycles. The van der Waals surface area contributed by atoms with Crippen LogP contribution in [0, 0.1) is 0 Å². The number of hydrogen-bond donors (Lipinski definition) is 0. The van der Waals surface area contributed by atoms with Gasteiger partial charge in [-0.2, -0.15) is 0 Å². The van der Waals surface area contributed by atoms with E-state index in [1.54, 1.807) is 6.92 Å². The summed E-state index contributed by atoms with van der Waals surface area (Å²) >= 11 is 0. The number of hydrogen-bond acceptors (Lipinski definition) is 4. The molecule has 0 saturated carbocycles. The van der Waals surface area contributed by atoms with Gasteiger partial charge in [0, 0.05) is 6.42 Å². The van der Waals surface area contributed by atoms with Gasteiger partial charge in [0.25, 0.3) is 0 Å². The maximum atomic E-state index is 11.0. The van der Waals surface area contributed by atoms with Crippen molar-refractivity contribution < 1.29 is 19.0 Å². The third-order valence-electron chi connectivity index (χ3n) is 1.99. The normalized spacial score (nSPS) is 18.7. The van der Waals surface area contributed by atoms with Crippen molar-refractivity contribution in [1.29, 1.82) is 0 Å². The van der Waals surface area contributed by atoms with Crippen LogP contribution in [-0.4, -0.2) is 31.6 Å². The van der Waals surface area contributed by atoms with Gasteiger partial charge in [0.15, 0.2) is 5.79 Å². The largest absolute Gasteiger partial charge is 0.466 e. The molecule has 0 amide bonds. The van der Waals surface area contributed by atoms with Gasteiger partial charge >= 0.3 is 5.97 Å². The Hall–Kier alpha value is -0.610. The molecule has 0 atom stereocenters. The topological polar surface area (TPSA) is 44.8 Å². The minimum Gasteiger partial charge on any atom is -0.466 e. The number of carbonyl (C=O) groups is 1. The zero-order valence-electron chi connectivity index (χ0n) is 8.17. The molecule has 0 aliphatic carbocycles. The van der Waals surface area contributed by atoms with E-state index in [2.05, 4.69) is 0 Å². The molecule has 0 spiro atoms. The van der Waals surface area contributed by atoms with Crippen LogP contribution in [0.15, 0.2) is 0 Å². The van der Waals surface area contributed by atoms with E-state index in [9.17, 15) is 4.79 Å². The molecule has 0 radical (unpaired) electrons. The second kappa shape index (κ2) is 5.98. The van der Waals surface area contributed by atoms with Gasteiger partial charge in [-0.3, -0.25) is 4.79 Å². The predicted octanol–water partition coefficient (Wildman–Crippen LogP) is 1.73. The van der Waals surface area contributed by atoms with Crippen molar-refractivity contribution in [1.82, 2.24) is 0 Å². The quantitative estimate of drug-likeness (QED) is 0.654. The second-order valence-corrected chi connectivity index (χ2v) is 3.14. The lowest BCUT2D eigenvalue weighted by molar-refractivity contribution is -0.160. The van der Waals surface area contributed by atoms with E-state index in [-0.39, 0.29) is 13.4 Å². The summed E-state index contributed by atoms with van der Waals surface area (Å²) in [6.07, 6.45) is 0.913. The highest BCUT2D eigenvalue weighted by molar-refractivity contribution is 5.69. The second-order valence-electron chi connectivity index (χ2n) is 3.14. The van der Waals surface area contributed by atoms with Crippen LogP contribution >= 0.6 is 0 Å². The van der Waals surface area contributed by atoms with Crippen LogP contribution < -0.4 is 0 Å². The SMILES string of the molecule is C.CCOC(=O)CCC1(C)OCCO1. The van der Waals surface area contributed by atoms with Gasteiger partial charge < -0.3 is 14.2 Å². The van der Waals surface area contributed by atoms with Gasteiger partial charge in [-0.1, -0.05) is 7.43 Å². The third-order valence-corrected chi connectivity index (χ3v) is 1.99. The Morgan fingerprint density at radius 1 is 1.43 bits per heavy atom. The molecule has 1 saturated heterocycles. The van der Waals surface area contributed by atoms with Gasteiger partial charge in [-0.25, -0.2) is 0 Å². The summed E-state index contributed by atoms with van der Waals surface area (Å²) in [4.78, 5) is 11.0. The molecule has 0 unspecified atom stereocenters. The molecular formula is C10H20O4. The van der Waals surface area contributed by atoms with E-state index >= 15 is 0 Å². The Labute approximate surface area is 85.5 Å². The first-order valence-electron chi connectivity index (χ1n) is 4.60. The molecule has 1 aliphatic rings. The van der Waals surface area contributed by atoms with Gasteiger partial charge in [-0.05, 0) is 13.8 Å². The van der Waals surface area contributed by atoms with Crippen molar-refractivity contribution in [3.05, 3.63) is 0 Å². The van der Waals surface area contributed by atoms with Crippen molar-refractivity contribution in [2.45, 2.75) is 39.9 Å². The van der Waals surface area contributed by atoms with Gasteiger partial charge in [0.2, 0.25) is 0 Å². The van der Waals surface area contributed by atoms with Crippen LogP contribution in [0.1, 0.15) is 34.1 Å². The highest BCUT2D eigenvalue weighted by Gasteiger charge is 2.31. The minimum absolute atomic E-state index is 0. The Balaban J connectivity index is 0.00000169. The van der Waals surface area contributed by atoms with Crippen molar-refractivity contribution in [3.63, 3.8) is 0 Å². The Bertz CT molecular complexity index is 173. The van der Waals surface area contributed by atoms with Crippen LogP contribution in [0.5, 0.6) is 0 Å². The zero-order chi connectivity index (χ0) is 9.73. The lowest BCUT2D eigenvalue weighted by atomic mass is 10.2. The molecule has 4 heteroatoms. The summed E-state index contributed by atoms with van der Waals surface area (Å²) in [7, 11) is 0. The molecule has 14 heavy (non-hydrogen) atoms. The minimum atomic E-state index is -0.577. The Morgan fingerprint density at radius 2 is 2.00 bits per heavy atom. The number of ether oxygens (including phenoxy) is 3. The van der Waals surface area contributed by atoms with E-state index in [4.69, 9.17) is 14.2 Å². The molecule has 0 aromatic rings.